The summed E-state index contributed by atoms with van der Waals surface area (Å²) < 4.78 is 8.00. The van der Waals surface area contributed by atoms with Crippen LogP contribution >= 0.6 is 11.3 Å². The molecule has 0 aliphatic rings. The monoisotopic (exact) mass is 365 g/mol. The molecule has 0 unspecified atom stereocenters. The zero-order chi connectivity index (χ0) is 17.8. The van der Waals surface area contributed by atoms with Crippen molar-refractivity contribution in [1.29, 1.82) is 0 Å². The van der Waals surface area contributed by atoms with Crippen molar-refractivity contribution in [3.05, 3.63) is 71.5 Å². The first-order valence-corrected chi connectivity index (χ1v) is 8.89. The molecular weight excluding hydrogens is 350 g/mol. The molecule has 0 fully saturated rings. The molecular formula is C18H15N5O2S. The predicted molar refractivity (Wildman–Crippen MR) is 96.4 cm³/mol. The molecule has 0 radical (unpaired) electrons. The van der Waals surface area contributed by atoms with E-state index in [9.17, 15) is 4.79 Å². The number of fused-ring (bicyclic) bond motifs is 1. The average Bonchev–Trinajstić information content (AvgIpc) is 3.34. The van der Waals surface area contributed by atoms with Crippen LogP contribution < -0.4 is 0 Å². The number of rotatable bonds is 6. The van der Waals surface area contributed by atoms with Crippen LogP contribution in [0.1, 0.15) is 16.6 Å². The number of esters is 1. The fourth-order valence-corrected chi connectivity index (χ4v) is 3.52. The summed E-state index contributed by atoms with van der Waals surface area (Å²) in [5.74, 6) is -0.389. The first kappa shape index (κ1) is 16.3. The predicted octanol–water partition coefficient (Wildman–Crippen LogP) is 2.81. The Morgan fingerprint density at radius 1 is 1.12 bits per heavy atom. The molecule has 0 spiro atoms. The van der Waals surface area contributed by atoms with Crippen LogP contribution in [0.3, 0.4) is 0 Å². The van der Waals surface area contributed by atoms with Crippen LogP contribution in [0.2, 0.25) is 0 Å². The van der Waals surface area contributed by atoms with E-state index in [-0.39, 0.29) is 12.6 Å². The van der Waals surface area contributed by atoms with Crippen molar-refractivity contribution in [3.8, 4) is 0 Å². The maximum atomic E-state index is 12.7. The van der Waals surface area contributed by atoms with Gasteiger partial charge in [-0.15, -0.1) is 16.4 Å². The van der Waals surface area contributed by atoms with Gasteiger partial charge in [-0.25, -0.2) is 14.5 Å². The fraction of sp³-hybridized carbons (Fsp3) is 0.167. The third-order valence-electron chi connectivity index (χ3n) is 3.90. The topological polar surface area (TPSA) is 82.8 Å². The van der Waals surface area contributed by atoms with E-state index in [0.29, 0.717) is 6.42 Å². The number of ether oxygens (including phenoxy) is 1. The third-order valence-corrected chi connectivity index (χ3v) is 4.91. The number of thiazole rings is 1. The van der Waals surface area contributed by atoms with Gasteiger partial charge in [-0.1, -0.05) is 42.5 Å². The molecule has 8 heteroatoms. The van der Waals surface area contributed by atoms with E-state index in [4.69, 9.17) is 4.74 Å². The van der Waals surface area contributed by atoms with E-state index in [0.717, 1.165) is 20.8 Å². The quantitative estimate of drug-likeness (QED) is 0.489. The molecule has 0 amide bonds. The molecule has 2 aromatic heterocycles. The summed E-state index contributed by atoms with van der Waals surface area (Å²) in [5.41, 5.74) is 1.91. The molecule has 4 rings (SSSR count). The summed E-state index contributed by atoms with van der Waals surface area (Å²) in [5, 5.41) is 11.9. The lowest BCUT2D eigenvalue weighted by Crippen LogP contribution is -2.24. The summed E-state index contributed by atoms with van der Waals surface area (Å²) in [7, 11) is 0. The van der Waals surface area contributed by atoms with E-state index in [1.165, 1.54) is 22.3 Å². The maximum absolute atomic E-state index is 12.7. The van der Waals surface area contributed by atoms with E-state index in [1.54, 1.807) is 0 Å². The Bertz CT molecular complexity index is 968. The minimum Gasteiger partial charge on any atom is -0.457 e. The zero-order valence-electron chi connectivity index (χ0n) is 13.7. The standard InChI is InChI=1S/C18H15N5O2S/c24-18(25-11-17-20-14-8-4-5-9-16(14)26-17)15(23-12-19-21-22-23)10-13-6-2-1-3-7-13/h1-9,12,15H,10-11H2/t15-/m0/s1. The van der Waals surface area contributed by atoms with Gasteiger partial charge in [0.05, 0.1) is 10.2 Å². The number of benzene rings is 2. The average molecular weight is 365 g/mol. The third kappa shape index (κ3) is 3.60. The summed E-state index contributed by atoms with van der Waals surface area (Å²) in [6, 6.07) is 16.9. The van der Waals surface area contributed by atoms with Gasteiger partial charge in [-0.3, -0.25) is 0 Å². The molecule has 2 aromatic carbocycles. The highest BCUT2D eigenvalue weighted by Crippen LogP contribution is 2.23. The van der Waals surface area contributed by atoms with Crippen LogP contribution in [0.5, 0.6) is 0 Å². The van der Waals surface area contributed by atoms with Crippen molar-refractivity contribution in [3.63, 3.8) is 0 Å². The molecule has 0 saturated heterocycles. The Labute approximate surface area is 153 Å². The fourth-order valence-electron chi connectivity index (χ4n) is 2.64. The van der Waals surface area contributed by atoms with E-state index in [1.807, 2.05) is 54.6 Å². The van der Waals surface area contributed by atoms with Gasteiger partial charge in [0.25, 0.3) is 0 Å². The Kier molecular flexibility index (Phi) is 4.65. The lowest BCUT2D eigenvalue weighted by atomic mass is 10.1. The SMILES string of the molecule is O=C(OCc1nc2ccccc2s1)[C@H](Cc1ccccc1)n1cnnn1. The molecule has 1 atom stereocenters. The van der Waals surface area contributed by atoms with Crippen LogP contribution in [0.4, 0.5) is 0 Å². The van der Waals surface area contributed by atoms with Crippen molar-refractivity contribution in [2.24, 2.45) is 0 Å². The lowest BCUT2D eigenvalue weighted by molar-refractivity contribution is -0.149. The van der Waals surface area contributed by atoms with Gasteiger partial charge in [0.1, 0.15) is 17.9 Å². The van der Waals surface area contributed by atoms with Crippen LogP contribution in [0, 0.1) is 0 Å². The Morgan fingerprint density at radius 2 is 1.92 bits per heavy atom. The number of carbonyl (C=O) groups excluding carboxylic acids is 1. The van der Waals surface area contributed by atoms with Crippen LogP contribution in [-0.2, 0) is 22.6 Å². The Morgan fingerprint density at radius 3 is 2.69 bits per heavy atom. The summed E-state index contributed by atoms with van der Waals surface area (Å²) >= 11 is 1.52. The number of aromatic nitrogens is 5. The van der Waals surface area contributed by atoms with Crippen molar-refractivity contribution < 1.29 is 9.53 Å². The van der Waals surface area contributed by atoms with Gasteiger partial charge in [-0.05, 0) is 28.1 Å². The molecule has 4 aromatic rings. The number of para-hydroxylation sites is 1. The number of hydrogen-bond donors (Lipinski definition) is 0. The minimum absolute atomic E-state index is 0.131. The molecule has 0 aliphatic heterocycles. The first-order valence-electron chi connectivity index (χ1n) is 8.07. The van der Waals surface area contributed by atoms with Gasteiger partial charge in [0.15, 0.2) is 6.04 Å². The molecule has 26 heavy (non-hydrogen) atoms. The molecule has 0 N–H and O–H groups in total. The van der Waals surface area contributed by atoms with Crippen molar-refractivity contribution in [2.75, 3.05) is 0 Å². The molecule has 130 valence electrons. The van der Waals surface area contributed by atoms with E-state index >= 15 is 0 Å². The normalized spacial score (nSPS) is 12.2. The Hall–Kier alpha value is -3.13. The second kappa shape index (κ2) is 7.40. The highest BCUT2D eigenvalue weighted by Gasteiger charge is 2.24. The lowest BCUT2D eigenvalue weighted by Gasteiger charge is -2.15. The largest absolute Gasteiger partial charge is 0.457 e. The number of hydrogen-bond acceptors (Lipinski definition) is 7. The first-order chi connectivity index (χ1) is 12.8. The summed E-state index contributed by atoms with van der Waals surface area (Å²) in [6.07, 6.45) is 1.87. The van der Waals surface area contributed by atoms with Crippen molar-refractivity contribution in [2.45, 2.75) is 19.1 Å². The molecule has 0 bridgehead atoms. The smallest absolute Gasteiger partial charge is 0.331 e. The molecule has 2 heterocycles. The molecule has 7 nitrogen and oxygen atoms in total. The number of nitrogens with zero attached hydrogens (tertiary/aromatic N) is 5. The van der Waals surface area contributed by atoms with Crippen LogP contribution in [0.15, 0.2) is 60.9 Å². The van der Waals surface area contributed by atoms with E-state index in [2.05, 4.69) is 20.5 Å². The molecule has 0 aliphatic carbocycles. The summed E-state index contributed by atoms with van der Waals surface area (Å²) in [4.78, 5) is 17.2. The Balaban J connectivity index is 1.49. The number of tetrazole rings is 1. The second-order valence-electron chi connectivity index (χ2n) is 5.68. The minimum atomic E-state index is -0.623. The van der Waals surface area contributed by atoms with Gasteiger partial charge >= 0.3 is 5.97 Å². The molecule has 0 saturated carbocycles. The van der Waals surface area contributed by atoms with Gasteiger partial charge in [0.2, 0.25) is 0 Å². The van der Waals surface area contributed by atoms with Gasteiger partial charge in [0, 0.05) is 6.42 Å². The van der Waals surface area contributed by atoms with E-state index < -0.39 is 6.04 Å². The van der Waals surface area contributed by atoms with Crippen molar-refractivity contribution >= 4 is 27.5 Å². The highest BCUT2D eigenvalue weighted by molar-refractivity contribution is 7.18. The maximum Gasteiger partial charge on any atom is 0.331 e. The zero-order valence-corrected chi connectivity index (χ0v) is 14.5. The second-order valence-corrected chi connectivity index (χ2v) is 6.79. The highest BCUT2D eigenvalue weighted by atomic mass is 32.1. The van der Waals surface area contributed by atoms with Gasteiger partial charge in [-0.2, -0.15) is 0 Å². The number of carbonyl (C=O) groups is 1. The van der Waals surface area contributed by atoms with Crippen molar-refractivity contribution in [1.82, 2.24) is 25.2 Å². The summed E-state index contributed by atoms with van der Waals surface area (Å²) in [6.45, 7) is 0.131. The van der Waals surface area contributed by atoms with Crippen LogP contribution in [0.25, 0.3) is 10.2 Å². The van der Waals surface area contributed by atoms with Gasteiger partial charge < -0.3 is 4.74 Å². The van der Waals surface area contributed by atoms with Crippen LogP contribution in [-0.4, -0.2) is 31.2 Å².